The van der Waals surface area contributed by atoms with Crippen LogP contribution >= 0.6 is 11.8 Å². The number of hydrogen-bond donors (Lipinski definition) is 2. The minimum absolute atomic E-state index is 0.186. The van der Waals surface area contributed by atoms with Crippen LogP contribution in [-0.2, 0) is 10.5 Å². The highest BCUT2D eigenvalue weighted by molar-refractivity contribution is 7.98. The van der Waals surface area contributed by atoms with E-state index in [0.29, 0.717) is 11.3 Å². The van der Waals surface area contributed by atoms with Crippen molar-refractivity contribution in [3.8, 4) is 5.75 Å². The maximum atomic E-state index is 13.7. The molecule has 0 aromatic heterocycles. The average molecular weight is 259 g/mol. The lowest BCUT2D eigenvalue weighted by Crippen LogP contribution is -2.32. The molecule has 0 aliphatic carbocycles. The summed E-state index contributed by atoms with van der Waals surface area (Å²) in [7, 11) is 1.40. The first-order valence-electron chi connectivity index (χ1n) is 4.93. The van der Waals surface area contributed by atoms with Crippen molar-refractivity contribution in [3.63, 3.8) is 0 Å². The summed E-state index contributed by atoms with van der Waals surface area (Å²) in [5.74, 6) is -0.670. The van der Waals surface area contributed by atoms with Crippen LogP contribution in [0.5, 0.6) is 5.75 Å². The van der Waals surface area contributed by atoms with E-state index in [0.717, 1.165) is 0 Å². The Labute approximate surface area is 103 Å². The first kappa shape index (κ1) is 13.8. The second-order valence-corrected chi connectivity index (χ2v) is 4.42. The summed E-state index contributed by atoms with van der Waals surface area (Å²) >= 11 is 1.27. The molecule has 0 aliphatic rings. The first-order valence-corrected chi connectivity index (χ1v) is 6.09. The summed E-state index contributed by atoms with van der Waals surface area (Å²) in [6.07, 6.45) is 0. The number of thioether (sulfide) groups is 1. The quantitative estimate of drug-likeness (QED) is 0.809. The van der Waals surface area contributed by atoms with Crippen LogP contribution in [0.25, 0.3) is 0 Å². The minimum atomic E-state index is -1.05. The molecule has 0 saturated carbocycles. The smallest absolute Gasteiger partial charge is 0.321 e. The molecular weight excluding hydrogens is 245 g/mol. The van der Waals surface area contributed by atoms with Crippen LogP contribution in [0, 0.1) is 5.82 Å². The number of ether oxygens (including phenoxy) is 1. The van der Waals surface area contributed by atoms with Crippen LogP contribution in [0.1, 0.15) is 5.56 Å². The summed E-state index contributed by atoms with van der Waals surface area (Å²) in [6.45, 7) is 0. The summed E-state index contributed by atoms with van der Waals surface area (Å²) in [6, 6.07) is 3.94. The SMILES string of the molecule is COc1cccc(CSC[C@H](N)C(=O)O)c1F. The Morgan fingerprint density at radius 1 is 1.65 bits per heavy atom. The monoisotopic (exact) mass is 259 g/mol. The highest BCUT2D eigenvalue weighted by Crippen LogP contribution is 2.23. The van der Waals surface area contributed by atoms with Crippen LogP contribution in [0.3, 0.4) is 0 Å². The molecular formula is C11H14FNO3S. The van der Waals surface area contributed by atoms with Crippen molar-refractivity contribution < 1.29 is 19.0 Å². The molecule has 0 spiro atoms. The molecule has 1 aromatic carbocycles. The van der Waals surface area contributed by atoms with Crippen molar-refractivity contribution in [2.24, 2.45) is 5.73 Å². The molecule has 0 aliphatic heterocycles. The van der Waals surface area contributed by atoms with E-state index >= 15 is 0 Å². The number of methoxy groups -OCH3 is 1. The van der Waals surface area contributed by atoms with E-state index in [9.17, 15) is 9.18 Å². The fourth-order valence-electron chi connectivity index (χ4n) is 1.19. The Morgan fingerprint density at radius 2 is 2.35 bits per heavy atom. The summed E-state index contributed by atoms with van der Waals surface area (Å²) in [5, 5.41) is 8.58. The molecule has 3 N–H and O–H groups in total. The van der Waals surface area contributed by atoms with Crippen LogP contribution in [0.4, 0.5) is 4.39 Å². The van der Waals surface area contributed by atoms with Crippen LogP contribution in [0.2, 0.25) is 0 Å². The van der Waals surface area contributed by atoms with Gasteiger partial charge in [0.1, 0.15) is 6.04 Å². The maximum Gasteiger partial charge on any atom is 0.321 e. The van der Waals surface area contributed by atoms with Gasteiger partial charge in [-0.3, -0.25) is 4.79 Å². The lowest BCUT2D eigenvalue weighted by atomic mass is 10.2. The zero-order chi connectivity index (χ0) is 12.8. The Kier molecular flexibility index (Phi) is 5.24. The zero-order valence-electron chi connectivity index (χ0n) is 9.35. The highest BCUT2D eigenvalue weighted by atomic mass is 32.2. The zero-order valence-corrected chi connectivity index (χ0v) is 10.2. The van der Waals surface area contributed by atoms with Crippen molar-refractivity contribution in [1.82, 2.24) is 0 Å². The Bertz CT molecular complexity index is 400. The van der Waals surface area contributed by atoms with Gasteiger partial charge < -0.3 is 15.6 Å². The molecule has 17 heavy (non-hydrogen) atoms. The molecule has 1 aromatic rings. The van der Waals surface area contributed by atoms with Gasteiger partial charge in [0.25, 0.3) is 0 Å². The van der Waals surface area contributed by atoms with E-state index in [1.807, 2.05) is 0 Å². The summed E-state index contributed by atoms with van der Waals surface area (Å²) in [4.78, 5) is 10.5. The Morgan fingerprint density at radius 3 is 2.94 bits per heavy atom. The largest absolute Gasteiger partial charge is 0.494 e. The van der Waals surface area contributed by atoms with Crippen LogP contribution in [0.15, 0.2) is 18.2 Å². The molecule has 0 bridgehead atoms. The second-order valence-electron chi connectivity index (χ2n) is 3.39. The first-order chi connectivity index (χ1) is 8.06. The highest BCUT2D eigenvalue weighted by Gasteiger charge is 2.13. The lowest BCUT2D eigenvalue weighted by molar-refractivity contribution is -0.137. The molecule has 94 valence electrons. The fraction of sp³-hybridized carbons (Fsp3) is 0.364. The standard InChI is InChI=1S/C11H14FNO3S/c1-16-9-4-2-3-7(10(9)12)5-17-6-8(13)11(14)15/h2-4,8H,5-6,13H2,1H3,(H,14,15)/t8-/m0/s1. The number of hydrogen-bond acceptors (Lipinski definition) is 4. The summed E-state index contributed by atoms with van der Waals surface area (Å²) in [5.41, 5.74) is 5.81. The van der Waals surface area contributed by atoms with Crippen molar-refractivity contribution in [2.75, 3.05) is 12.9 Å². The van der Waals surface area contributed by atoms with E-state index < -0.39 is 17.8 Å². The topological polar surface area (TPSA) is 72.5 Å². The van der Waals surface area contributed by atoms with E-state index in [-0.39, 0.29) is 11.5 Å². The maximum absolute atomic E-state index is 13.7. The number of carboxylic acid groups (broad SMARTS) is 1. The number of carbonyl (C=O) groups is 1. The van der Waals surface area contributed by atoms with E-state index in [2.05, 4.69) is 0 Å². The molecule has 0 amide bonds. The summed E-state index contributed by atoms with van der Waals surface area (Å²) < 4.78 is 18.5. The van der Waals surface area contributed by atoms with E-state index in [1.165, 1.54) is 24.9 Å². The predicted octanol–water partition coefficient (Wildman–Crippen LogP) is 1.48. The molecule has 1 atom stereocenters. The predicted molar refractivity (Wildman–Crippen MR) is 64.7 cm³/mol. The number of rotatable bonds is 6. The third-order valence-electron chi connectivity index (χ3n) is 2.14. The van der Waals surface area contributed by atoms with Crippen molar-refractivity contribution in [2.45, 2.75) is 11.8 Å². The van der Waals surface area contributed by atoms with Crippen LogP contribution < -0.4 is 10.5 Å². The van der Waals surface area contributed by atoms with Crippen molar-refractivity contribution in [1.29, 1.82) is 0 Å². The lowest BCUT2D eigenvalue weighted by Gasteiger charge is -2.08. The number of carboxylic acids is 1. The minimum Gasteiger partial charge on any atom is -0.494 e. The molecule has 6 heteroatoms. The molecule has 0 unspecified atom stereocenters. The van der Waals surface area contributed by atoms with E-state index in [4.69, 9.17) is 15.6 Å². The van der Waals surface area contributed by atoms with Gasteiger partial charge in [0, 0.05) is 17.1 Å². The van der Waals surface area contributed by atoms with Gasteiger partial charge in [-0.1, -0.05) is 12.1 Å². The van der Waals surface area contributed by atoms with Crippen molar-refractivity contribution in [3.05, 3.63) is 29.6 Å². The Hall–Kier alpha value is -1.27. The molecule has 0 radical (unpaired) electrons. The number of benzene rings is 1. The molecule has 1 rings (SSSR count). The van der Waals surface area contributed by atoms with Gasteiger partial charge in [-0.15, -0.1) is 0 Å². The van der Waals surface area contributed by atoms with Gasteiger partial charge in [-0.2, -0.15) is 11.8 Å². The Balaban J connectivity index is 2.55. The number of halogens is 1. The normalized spacial score (nSPS) is 12.2. The van der Waals surface area contributed by atoms with Gasteiger partial charge in [-0.05, 0) is 6.07 Å². The molecule has 4 nitrogen and oxygen atoms in total. The van der Waals surface area contributed by atoms with Gasteiger partial charge in [0.05, 0.1) is 7.11 Å². The molecule has 0 fully saturated rings. The van der Waals surface area contributed by atoms with Crippen LogP contribution in [-0.4, -0.2) is 30.0 Å². The van der Waals surface area contributed by atoms with Crippen molar-refractivity contribution >= 4 is 17.7 Å². The van der Waals surface area contributed by atoms with Gasteiger partial charge in [-0.25, -0.2) is 4.39 Å². The second kappa shape index (κ2) is 6.46. The molecule has 0 heterocycles. The molecule has 0 saturated heterocycles. The van der Waals surface area contributed by atoms with Gasteiger partial charge >= 0.3 is 5.97 Å². The number of nitrogens with two attached hydrogens (primary N) is 1. The average Bonchev–Trinajstić information content (AvgIpc) is 2.31. The number of aliphatic carboxylic acids is 1. The third kappa shape index (κ3) is 3.90. The third-order valence-corrected chi connectivity index (χ3v) is 3.25. The van der Waals surface area contributed by atoms with Gasteiger partial charge in [0.15, 0.2) is 11.6 Å². The fourth-order valence-corrected chi connectivity index (χ4v) is 2.15. The van der Waals surface area contributed by atoms with E-state index in [1.54, 1.807) is 12.1 Å². The van der Waals surface area contributed by atoms with Gasteiger partial charge in [0.2, 0.25) is 0 Å².